The molecule has 8 heteroatoms. The van der Waals surface area contributed by atoms with Gasteiger partial charge in [-0.3, -0.25) is 0 Å². The van der Waals surface area contributed by atoms with Gasteiger partial charge in [-0.05, 0) is 18.2 Å². The number of hydrogen-bond acceptors (Lipinski definition) is 4. The van der Waals surface area contributed by atoms with E-state index in [9.17, 15) is 18.0 Å². The van der Waals surface area contributed by atoms with Gasteiger partial charge in [-0.1, -0.05) is 6.07 Å². The molecule has 5 nitrogen and oxygen atoms in total. The standard InChI is InChI=1S/C13H11F3N2O3/c1-18(2)8-5-3-4-7(6-8)11-17-10(13(14,15)16)9(21-11)12(19)20/h3-6H,1-2H3,(H,19,20). The smallest absolute Gasteiger partial charge is 0.437 e. The quantitative estimate of drug-likeness (QED) is 0.943. The monoisotopic (exact) mass is 300 g/mol. The number of nitrogens with zero attached hydrogens (tertiary/aromatic N) is 2. The molecular weight excluding hydrogens is 289 g/mol. The number of hydrogen-bond donors (Lipinski definition) is 1. The van der Waals surface area contributed by atoms with Gasteiger partial charge in [0.1, 0.15) is 0 Å². The van der Waals surface area contributed by atoms with Crippen LogP contribution in [0.5, 0.6) is 0 Å². The zero-order valence-electron chi connectivity index (χ0n) is 11.1. The summed E-state index contributed by atoms with van der Waals surface area (Å²) in [5, 5.41) is 8.79. The predicted octanol–water partition coefficient (Wildman–Crippen LogP) is 3.12. The van der Waals surface area contributed by atoms with E-state index in [0.717, 1.165) is 5.69 Å². The maximum atomic E-state index is 12.8. The van der Waals surface area contributed by atoms with Crippen LogP contribution in [0.1, 0.15) is 16.2 Å². The Kier molecular flexibility index (Phi) is 3.63. The van der Waals surface area contributed by atoms with Crippen molar-refractivity contribution in [1.82, 2.24) is 4.98 Å². The lowest BCUT2D eigenvalue weighted by Crippen LogP contribution is -2.11. The molecule has 1 aromatic carbocycles. The molecule has 2 rings (SSSR count). The van der Waals surface area contributed by atoms with Crippen LogP contribution in [-0.4, -0.2) is 30.2 Å². The van der Waals surface area contributed by atoms with Crippen LogP contribution in [0.2, 0.25) is 0 Å². The first-order valence-corrected chi connectivity index (χ1v) is 5.79. The minimum absolute atomic E-state index is 0.263. The van der Waals surface area contributed by atoms with Crippen LogP contribution in [0.25, 0.3) is 11.5 Å². The van der Waals surface area contributed by atoms with Crippen molar-refractivity contribution >= 4 is 11.7 Å². The third-order valence-electron chi connectivity index (χ3n) is 2.70. The summed E-state index contributed by atoms with van der Waals surface area (Å²) in [4.78, 5) is 15.9. The molecule has 1 aromatic heterocycles. The van der Waals surface area contributed by atoms with Crippen molar-refractivity contribution in [3.05, 3.63) is 35.7 Å². The number of carboxylic acid groups (broad SMARTS) is 1. The fourth-order valence-corrected chi connectivity index (χ4v) is 1.70. The molecule has 1 heterocycles. The molecule has 0 aliphatic rings. The number of oxazole rings is 1. The Morgan fingerprint density at radius 1 is 1.33 bits per heavy atom. The third kappa shape index (κ3) is 2.99. The second-order valence-corrected chi connectivity index (χ2v) is 4.44. The lowest BCUT2D eigenvalue weighted by Gasteiger charge is -2.12. The van der Waals surface area contributed by atoms with Gasteiger partial charge in [0.25, 0.3) is 0 Å². The lowest BCUT2D eigenvalue weighted by atomic mass is 10.2. The van der Waals surface area contributed by atoms with E-state index in [-0.39, 0.29) is 11.5 Å². The Labute approximate surface area is 117 Å². The van der Waals surface area contributed by atoms with Crippen LogP contribution in [0.4, 0.5) is 18.9 Å². The van der Waals surface area contributed by atoms with Gasteiger partial charge < -0.3 is 14.4 Å². The van der Waals surface area contributed by atoms with E-state index >= 15 is 0 Å². The summed E-state index contributed by atoms with van der Waals surface area (Å²) in [5.74, 6) is -3.42. The summed E-state index contributed by atoms with van der Waals surface area (Å²) < 4.78 is 43.0. The Morgan fingerprint density at radius 3 is 2.48 bits per heavy atom. The zero-order valence-corrected chi connectivity index (χ0v) is 11.1. The van der Waals surface area contributed by atoms with Gasteiger partial charge in [0, 0.05) is 25.3 Å². The third-order valence-corrected chi connectivity index (χ3v) is 2.70. The maximum absolute atomic E-state index is 12.8. The summed E-state index contributed by atoms with van der Waals surface area (Å²) in [5.41, 5.74) is -0.560. The average Bonchev–Trinajstić information content (AvgIpc) is 2.84. The van der Waals surface area contributed by atoms with E-state index in [1.807, 2.05) is 0 Å². The Balaban J connectivity index is 2.55. The van der Waals surface area contributed by atoms with Gasteiger partial charge in [-0.2, -0.15) is 13.2 Å². The van der Waals surface area contributed by atoms with Gasteiger partial charge in [-0.15, -0.1) is 0 Å². The fraction of sp³-hybridized carbons (Fsp3) is 0.231. The predicted molar refractivity (Wildman–Crippen MR) is 68.2 cm³/mol. The molecule has 0 amide bonds. The molecule has 0 spiro atoms. The van der Waals surface area contributed by atoms with Crippen molar-refractivity contribution in [2.24, 2.45) is 0 Å². The molecule has 0 bridgehead atoms. The van der Waals surface area contributed by atoms with Gasteiger partial charge in [0.15, 0.2) is 5.69 Å². The lowest BCUT2D eigenvalue weighted by molar-refractivity contribution is -0.141. The fourth-order valence-electron chi connectivity index (χ4n) is 1.70. The van der Waals surface area contributed by atoms with E-state index in [0.29, 0.717) is 0 Å². The Bertz CT molecular complexity index is 678. The first kappa shape index (κ1) is 14.9. The number of anilines is 1. The highest BCUT2D eigenvalue weighted by atomic mass is 19.4. The molecule has 21 heavy (non-hydrogen) atoms. The highest BCUT2D eigenvalue weighted by Gasteiger charge is 2.41. The molecule has 0 unspecified atom stereocenters. The number of aromatic nitrogens is 1. The van der Waals surface area contributed by atoms with Crippen LogP contribution in [-0.2, 0) is 6.18 Å². The van der Waals surface area contributed by atoms with Gasteiger partial charge >= 0.3 is 12.1 Å². The zero-order chi connectivity index (χ0) is 15.8. The normalized spacial score (nSPS) is 11.5. The summed E-state index contributed by atoms with van der Waals surface area (Å²) in [6.45, 7) is 0. The molecule has 2 aromatic rings. The van der Waals surface area contributed by atoms with Crippen molar-refractivity contribution in [3.8, 4) is 11.5 Å². The van der Waals surface area contributed by atoms with Crippen LogP contribution in [0.3, 0.4) is 0 Å². The topological polar surface area (TPSA) is 66.6 Å². The van der Waals surface area contributed by atoms with E-state index in [1.54, 1.807) is 37.2 Å². The minimum Gasteiger partial charge on any atom is -0.475 e. The molecule has 0 aliphatic carbocycles. The van der Waals surface area contributed by atoms with Crippen molar-refractivity contribution in [2.75, 3.05) is 19.0 Å². The van der Waals surface area contributed by atoms with Gasteiger partial charge in [-0.25, -0.2) is 9.78 Å². The van der Waals surface area contributed by atoms with Gasteiger partial charge in [0.05, 0.1) is 0 Å². The van der Waals surface area contributed by atoms with Crippen molar-refractivity contribution in [1.29, 1.82) is 0 Å². The first-order valence-electron chi connectivity index (χ1n) is 5.79. The molecule has 0 atom stereocenters. The van der Waals surface area contributed by atoms with Crippen molar-refractivity contribution in [3.63, 3.8) is 0 Å². The number of carboxylic acids is 1. The number of benzene rings is 1. The van der Waals surface area contributed by atoms with Gasteiger partial charge in [0.2, 0.25) is 11.7 Å². The Morgan fingerprint density at radius 2 is 2.00 bits per heavy atom. The summed E-state index contributed by atoms with van der Waals surface area (Å²) in [6, 6.07) is 6.40. The minimum atomic E-state index is -4.89. The second-order valence-electron chi connectivity index (χ2n) is 4.44. The molecule has 0 saturated carbocycles. The molecule has 1 N–H and O–H groups in total. The largest absolute Gasteiger partial charge is 0.475 e. The van der Waals surface area contributed by atoms with Crippen molar-refractivity contribution in [2.45, 2.75) is 6.18 Å². The molecule has 0 saturated heterocycles. The second kappa shape index (κ2) is 5.12. The molecule has 0 radical (unpaired) electrons. The number of carbonyl (C=O) groups is 1. The van der Waals surface area contributed by atoms with Crippen LogP contribution >= 0.6 is 0 Å². The Hall–Kier alpha value is -2.51. The molecule has 0 aliphatic heterocycles. The molecular formula is C13H11F3N2O3. The van der Waals surface area contributed by atoms with E-state index < -0.39 is 23.6 Å². The highest BCUT2D eigenvalue weighted by molar-refractivity contribution is 5.86. The molecule has 112 valence electrons. The average molecular weight is 300 g/mol. The number of rotatable bonds is 3. The highest BCUT2D eigenvalue weighted by Crippen LogP contribution is 2.34. The van der Waals surface area contributed by atoms with E-state index in [4.69, 9.17) is 9.52 Å². The van der Waals surface area contributed by atoms with E-state index in [2.05, 4.69) is 4.98 Å². The number of alkyl halides is 3. The summed E-state index contributed by atoms with van der Waals surface area (Å²) >= 11 is 0. The van der Waals surface area contributed by atoms with Crippen LogP contribution in [0, 0.1) is 0 Å². The van der Waals surface area contributed by atoms with E-state index in [1.165, 1.54) is 6.07 Å². The summed E-state index contributed by atoms with van der Waals surface area (Å²) in [7, 11) is 3.52. The first-order chi connectivity index (χ1) is 9.70. The SMILES string of the molecule is CN(C)c1cccc(-c2nc(C(F)(F)F)c(C(=O)O)o2)c1. The summed E-state index contributed by atoms with van der Waals surface area (Å²) in [6.07, 6.45) is -4.89. The number of halogens is 3. The van der Waals surface area contributed by atoms with Crippen molar-refractivity contribution < 1.29 is 27.5 Å². The maximum Gasteiger partial charge on any atom is 0.437 e. The molecule has 0 fully saturated rings. The number of aromatic carboxylic acids is 1. The van der Waals surface area contributed by atoms with Crippen LogP contribution in [0.15, 0.2) is 28.7 Å². The van der Waals surface area contributed by atoms with Crippen LogP contribution < -0.4 is 4.90 Å².